The highest BCUT2D eigenvalue weighted by Gasteiger charge is 2.26. The van der Waals surface area contributed by atoms with Crippen LogP contribution in [0.3, 0.4) is 0 Å². The Kier molecular flexibility index (Phi) is 6.18. The normalized spacial score (nSPS) is 16.1. The van der Waals surface area contributed by atoms with Crippen LogP contribution in [0.1, 0.15) is 12.8 Å². The number of amides is 1. The molecule has 0 bridgehead atoms. The number of hydrogen-bond acceptors (Lipinski definition) is 6. The van der Waals surface area contributed by atoms with Crippen LogP contribution < -0.4 is 14.4 Å². The molecule has 1 aliphatic heterocycles. The quantitative estimate of drug-likeness (QED) is 0.548. The van der Waals surface area contributed by atoms with Gasteiger partial charge < -0.3 is 14.2 Å². The second-order valence-corrected chi connectivity index (χ2v) is 8.16. The summed E-state index contributed by atoms with van der Waals surface area (Å²) in [6, 6.07) is 12.6. The Morgan fingerprint density at radius 2 is 2.07 bits per heavy atom. The number of hydrogen-bond donors (Lipinski definition) is 0. The number of carbonyl (C=O) groups excluding carboxylic acids is 1. The Balaban J connectivity index is 1.55. The van der Waals surface area contributed by atoms with E-state index in [2.05, 4.69) is 4.98 Å². The molecule has 0 aliphatic carbocycles. The van der Waals surface area contributed by atoms with Crippen LogP contribution in [0.5, 0.6) is 11.5 Å². The topological polar surface area (TPSA) is 60.9 Å². The minimum absolute atomic E-state index is 0.0102. The zero-order valence-corrected chi connectivity index (χ0v) is 17.5. The Labute approximate surface area is 178 Å². The van der Waals surface area contributed by atoms with Crippen LogP contribution in [0, 0.1) is 0 Å². The molecule has 6 nitrogen and oxygen atoms in total. The third-order valence-corrected chi connectivity index (χ3v) is 6.00. The first-order valence-electron chi connectivity index (χ1n) is 9.37. The second-order valence-electron chi connectivity index (χ2n) is 6.71. The summed E-state index contributed by atoms with van der Waals surface area (Å²) in [6.45, 7) is 1.10. The number of aromatic nitrogens is 1. The molecule has 1 atom stereocenters. The molecular formula is C21H21ClN2O4S. The standard InChI is InChI=1S/C21H21ClN2O4S/c1-26-16-8-9-18-19(11-16)29-21(23-18)24(12-17-3-2-10-27-17)20(25)13-28-15-6-4-14(22)5-7-15/h4-9,11,17H,2-3,10,12-13H2,1H3. The summed E-state index contributed by atoms with van der Waals surface area (Å²) < 4.78 is 17.7. The van der Waals surface area contributed by atoms with Crippen molar-refractivity contribution in [2.45, 2.75) is 18.9 Å². The molecule has 1 aromatic heterocycles. The maximum absolute atomic E-state index is 13.0. The fraction of sp³-hybridized carbons (Fsp3) is 0.333. The van der Waals surface area contributed by atoms with Gasteiger partial charge in [-0.2, -0.15) is 0 Å². The molecule has 152 valence electrons. The minimum Gasteiger partial charge on any atom is -0.497 e. The Hall–Kier alpha value is -2.35. The molecule has 1 unspecified atom stereocenters. The van der Waals surface area contributed by atoms with Crippen molar-refractivity contribution < 1.29 is 19.0 Å². The van der Waals surface area contributed by atoms with Gasteiger partial charge in [0, 0.05) is 11.6 Å². The van der Waals surface area contributed by atoms with Crippen LogP contribution >= 0.6 is 22.9 Å². The molecule has 4 rings (SSSR count). The van der Waals surface area contributed by atoms with E-state index in [9.17, 15) is 4.79 Å². The van der Waals surface area contributed by atoms with E-state index in [-0.39, 0.29) is 18.6 Å². The third-order valence-electron chi connectivity index (χ3n) is 4.70. The van der Waals surface area contributed by atoms with Crippen LogP contribution in [0.25, 0.3) is 10.2 Å². The van der Waals surface area contributed by atoms with Crippen LogP contribution in [0.4, 0.5) is 5.13 Å². The van der Waals surface area contributed by atoms with Gasteiger partial charge in [0.2, 0.25) is 0 Å². The summed E-state index contributed by atoms with van der Waals surface area (Å²) in [5, 5.41) is 1.25. The first-order valence-corrected chi connectivity index (χ1v) is 10.6. The van der Waals surface area contributed by atoms with Crippen molar-refractivity contribution in [2.24, 2.45) is 0 Å². The SMILES string of the molecule is COc1ccc2nc(N(CC3CCCO3)C(=O)COc3ccc(Cl)cc3)sc2c1. The number of rotatable bonds is 7. The lowest BCUT2D eigenvalue weighted by molar-refractivity contribution is -0.120. The van der Waals surface area contributed by atoms with Gasteiger partial charge in [0.05, 0.1) is 30.0 Å². The maximum Gasteiger partial charge on any atom is 0.266 e. The van der Waals surface area contributed by atoms with Gasteiger partial charge in [-0.3, -0.25) is 9.69 Å². The Bertz CT molecular complexity index is 986. The summed E-state index contributed by atoms with van der Waals surface area (Å²) in [4.78, 5) is 19.4. The van der Waals surface area contributed by atoms with Crippen LogP contribution in [-0.2, 0) is 9.53 Å². The highest BCUT2D eigenvalue weighted by Crippen LogP contribution is 2.32. The van der Waals surface area contributed by atoms with E-state index in [0.29, 0.717) is 22.4 Å². The highest BCUT2D eigenvalue weighted by atomic mass is 35.5. The van der Waals surface area contributed by atoms with Gasteiger partial charge in [0.1, 0.15) is 11.5 Å². The van der Waals surface area contributed by atoms with Crippen LogP contribution in [-0.4, -0.2) is 43.9 Å². The van der Waals surface area contributed by atoms with E-state index >= 15 is 0 Å². The largest absolute Gasteiger partial charge is 0.497 e. The number of fused-ring (bicyclic) bond motifs is 1. The van der Waals surface area contributed by atoms with Gasteiger partial charge >= 0.3 is 0 Å². The summed E-state index contributed by atoms with van der Waals surface area (Å²) in [5.74, 6) is 1.19. The maximum atomic E-state index is 13.0. The van der Waals surface area contributed by atoms with E-state index in [1.165, 1.54) is 11.3 Å². The van der Waals surface area contributed by atoms with E-state index in [1.54, 1.807) is 36.3 Å². The molecule has 2 heterocycles. The number of carbonyl (C=O) groups is 1. The number of ether oxygens (including phenoxy) is 3. The molecule has 0 N–H and O–H groups in total. The second kappa shape index (κ2) is 8.98. The van der Waals surface area contributed by atoms with E-state index in [0.717, 1.165) is 35.4 Å². The van der Waals surface area contributed by atoms with Crippen molar-refractivity contribution in [1.82, 2.24) is 4.98 Å². The third kappa shape index (κ3) is 4.80. The lowest BCUT2D eigenvalue weighted by Gasteiger charge is -2.23. The number of benzene rings is 2. The van der Waals surface area contributed by atoms with E-state index in [4.69, 9.17) is 25.8 Å². The minimum atomic E-state index is -0.165. The predicted octanol–water partition coefficient (Wildman–Crippen LogP) is 4.55. The average Bonchev–Trinajstić information content (AvgIpc) is 3.40. The molecular weight excluding hydrogens is 412 g/mol. The van der Waals surface area contributed by atoms with Gasteiger partial charge in [-0.15, -0.1) is 0 Å². The van der Waals surface area contributed by atoms with Crippen molar-refractivity contribution >= 4 is 44.2 Å². The molecule has 2 aromatic carbocycles. The number of anilines is 1. The zero-order valence-electron chi connectivity index (χ0n) is 16.0. The zero-order chi connectivity index (χ0) is 20.2. The van der Waals surface area contributed by atoms with Crippen LogP contribution in [0.2, 0.25) is 5.02 Å². The van der Waals surface area contributed by atoms with Crippen molar-refractivity contribution in [3.05, 3.63) is 47.5 Å². The summed E-state index contributed by atoms with van der Waals surface area (Å²) in [5.41, 5.74) is 0.828. The van der Waals surface area contributed by atoms with Crippen molar-refractivity contribution in [3.8, 4) is 11.5 Å². The van der Waals surface area contributed by atoms with Crippen LogP contribution in [0.15, 0.2) is 42.5 Å². The summed E-state index contributed by atoms with van der Waals surface area (Å²) in [6.07, 6.45) is 1.95. The van der Waals surface area contributed by atoms with Gasteiger partial charge in [0.15, 0.2) is 11.7 Å². The molecule has 0 spiro atoms. The summed E-state index contributed by atoms with van der Waals surface area (Å²) >= 11 is 7.36. The summed E-state index contributed by atoms with van der Waals surface area (Å²) in [7, 11) is 1.63. The molecule has 0 saturated carbocycles. The van der Waals surface area contributed by atoms with Crippen molar-refractivity contribution in [1.29, 1.82) is 0 Å². The number of methoxy groups -OCH3 is 1. The molecule has 3 aromatic rings. The van der Waals surface area contributed by atoms with Gasteiger partial charge in [-0.25, -0.2) is 4.98 Å². The van der Waals surface area contributed by atoms with Crippen molar-refractivity contribution in [3.63, 3.8) is 0 Å². The smallest absolute Gasteiger partial charge is 0.266 e. The monoisotopic (exact) mass is 432 g/mol. The molecule has 8 heteroatoms. The molecule has 1 saturated heterocycles. The number of halogens is 1. The van der Waals surface area contributed by atoms with E-state index < -0.39 is 0 Å². The fourth-order valence-electron chi connectivity index (χ4n) is 3.17. The highest BCUT2D eigenvalue weighted by molar-refractivity contribution is 7.22. The first-order chi connectivity index (χ1) is 14.1. The molecule has 1 amide bonds. The van der Waals surface area contributed by atoms with Gasteiger partial charge in [0.25, 0.3) is 5.91 Å². The molecule has 0 radical (unpaired) electrons. The lowest BCUT2D eigenvalue weighted by Crippen LogP contribution is -2.40. The molecule has 29 heavy (non-hydrogen) atoms. The van der Waals surface area contributed by atoms with Crippen molar-refractivity contribution in [2.75, 3.05) is 31.8 Å². The van der Waals surface area contributed by atoms with Gasteiger partial charge in [-0.1, -0.05) is 22.9 Å². The van der Waals surface area contributed by atoms with Gasteiger partial charge in [-0.05, 0) is 55.3 Å². The predicted molar refractivity (Wildman–Crippen MR) is 114 cm³/mol. The number of nitrogens with zero attached hydrogens (tertiary/aromatic N) is 2. The Morgan fingerprint density at radius 3 is 2.79 bits per heavy atom. The Morgan fingerprint density at radius 1 is 1.28 bits per heavy atom. The first kappa shape index (κ1) is 19.9. The number of thiazole rings is 1. The lowest BCUT2D eigenvalue weighted by atomic mass is 10.2. The average molecular weight is 433 g/mol. The molecule has 1 aliphatic rings. The molecule has 1 fully saturated rings. The fourth-order valence-corrected chi connectivity index (χ4v) is 4.31. The van der Waals surface area contributed by atoms with E-state index in [1.807, 2.05) is 18.2 Å².